The number of benzene rings is 1. The Morgan fingerprint density at radius 1 is 1.25 bits per heavy atom. The van der Waals surface area contributed by atoms with Gasteiger partial charge in [-0.1, -0.05) is 17.7 Å². The number of ether oxygens (including phenoxy) is 1. The summed E-state index contributed by atoms with van der Waals surface area (Å²) in [6.07, 6.45) is 3.09. The van der Waals surface area contributed by atoms with Crippen LogP contribution in [0.15, 0.2) is 41.5 Å². The highest BCUT2D eigenvalue weighted by molar-refractivity contribution is 6.32. The lowest BCUT2D eigenvalue weighted by atomic mass is 10.2. The molecule has 0 spiro atoms. The molecule has 1 aromatic carbocycles. The quantitative estimate of drug-likeness (QED) is 0.495. The summed E-state index contributed by atoms with van der Waals surface area (Å²) in [5.41, 5.74) is 3.01. The van der Waals surface area contributed by atoms with Crippen LogP contribution in [0.1, 0.15) is 28.5 Å². The van der Waals surface area contributed by atoms with Crippen LogP contribution in [0.2, 0.25) is 5.02 Å². The van der Waals surface area contributed by atoms with Crippen LogP contribution in [-0.4, -0.2) is 31.7 Å². The molecule has 0 aliphatic rings. The molecule has 3 heterocycles. The fourth-order valence-corrected chi connectivity index (χ4v) is 3.54. The Morgan fingerprint density at radius 3 is 2.75 bits per heavy atom. The maximum Gasteiger partial charge on any atom is 0.343 e. The number of fused-ring (bicyclic) bond motifs is 3. The smallest absolute Gasteiger partial charge is 0.343 e. The number of aromatic nitrogens is 4. The molecule has 3 aromatic heterocycles. The summed E-state index contributed by atoms with van der Waals surface area (Å²) < 4.78 is 8.07. The van der Waals surface area contributed by atoms with Gasteiger partial charge in [0.15, 0.2) is 5.65 Å². The molecule has 0 aliphatic carbocycles. The van der Waals surface area contributed by atoms with Crippen molar-refractivity contribution in [2.45, 2.75) is 20.8 Å². The third kappa shape index (κ3) is 2.75. The van der Waals surface area contributed by atoms with Crippen molar-refractivity contribution < 1.29 is 9.53 Å². The van der Waals surface area contributed by atoms with Gasteiger partial charge in [0.05, 0.1) is 33.9 Å². The summed E-state index contributed by atoms with van der Waals surface area (Å²) in [6, 6.07) is 7.25. The van der Waals surface area contributed by atoms with Gasteiger partial charge in [-0.25, -0.2) is 14.3 Å². The van der Waals surface area contributed by atoms with Gasteiger partial charge in [0.25, 0.3) is 5.56 Å². The van der Waals surface area contributed by atoms with E-state index in [1.165, 1.54) is 15.3 Å². The molecule has 0 fully saturated rings. The number of hydrogen-bond donors (Lipinski definition) is 0. The lowest BCUT2D eigenvalue weighted by Crippen LogP contribution is -2.19. The number of pyridine rings is 1. The molecule has 8 heteroatoms. The van der Waals surface area contributed by atoms with E-state index in [2.05, 4.69) is 10.1 Å². The van der Waals surface area contributed by atoms with Crippen molar-refractivity contribution in [1.29, 1.82) is 0 Å². The number of carbonyl (C=O) groups is 1. The van der Waals surface area contributed by atoms with Crippen LogP contribution in [0, 0.1) is 13.8 Å². The van der Waals surface area contributed by atoms with Crippen molar-refractivity contribution in [3.63, 3.8) is 0 Å². The maximum atomic E-state index is 13.1. The second kappa shape index (κ2) is 6.76. The van der Waals surface area contributed by atoms with E-state index in [0.29, 0.717) is 38.5 Å². The zero-order valence-corrected chi connectivity index (χ0v) is 16.3. The zero-order chi connectivity index (χ0) is 20.0. The molecule has 0 saturated heterocycles. The SMILES string of the molecule is CCOC(=O)c1c(C)nn2c1ncc1c(=O)n(-c3ccc(C)cc3Cl)ccc12. The van der Waals surface area contributed by atoms with E-state index in [4.69, 9.17) is 16.3 Å². The van der Waals surface area contributed by atoms with E-state index in [1.54, 1.807) is 38.2 Å². The Bertz CT molecular complexity index is 1310. The van der Waals surface area contributed by atoms with Crippen LogP contribution in [0.25, 0.3) is 22.2 Å². The fourth-order valence-electron chi connectivity index (χ4n) is 3.22. The molecular weight excluding hydrogens is 380 g/mol. The first kappa shape index (κ1) is 18.2. The maximum absolute atomic E-state index is 13.1. The molecule has 0 amide bonds. The number of nitrogens with zero attached hydrogens (tertiary/aromatic N) is 4. The first-order valence-electron chi connectivity index (χ1n) is 8.75. The molecule has 7 nitrogen and oxygen atoms in total. The largest absolute Gasteiger partial charge is 0.462 e. The third-order valence-corrected chi connectivity index (χ3v) is 4.83. The van der Waals surface area contributed by atoms with E-state index >= 15 is 0 Å². The highest BCUT2D eigenvalue weighted by Gasteiger charge is 2.21. The summed E-state index contributed by atoms with van der Waals surface area (Å²) in [5, 5.41) is 5.24. The monoisotopic (exact) mass is 396 g/mol. The summed E-state index contributed by atoms with van der Waals surface area (Å²) in [7, 11) is 0. The number of hydrogen-bond acceptors (Lipinski definition) is 5. The van der Waals surface area contributed by atoms with Crippen molar-refractivity contribution in [3.8, 4) is 5.69 Å². The summed E-state index contributed by atoms with van der Waals surface area (Å²) in [5.74, 6) is -0.485. The molecule has 0 atom stereocenters. The standard InChI is InChI=1S/C20H17ClN4O3/c1-4-28-20(27)17-12(3)23-25-15-7-8-24(16-6-5-11(2)9-14(16)21)19(26)13(15)10-22-18(17)25/h5-10H,4H2,1-3H3. The summed E-state index contributed by atoms with van der Waals surface area (Å²) >= 11 is 6.33. The van der Waals surface area contributed by atoms with Crippen molar-refractivity contribution in [2.24, 2.45) is 0 Å². The van der Waals surface area contributed by atoms with Gasteiger partial charge in [0.2, 0.25) is 0 Å². The molecule has 0 unspecified atom stereocenters. The van der Waals surface area contributed by atoms with Crippen LogP contribution in [0.3, 0.4) is 0 Å². The normalized spacial score (nSPS) is 11.3. The Labute approximate surface area is 165 Å². The summed E-state index contributed by atoms with van der Waals surface area (Å²) in [4.78, 5) is 29.6. The third-order valence-electron chi connectivity index (χ3n) is 4.53. The van der Waals surface area contributed by atoms with Crippen LogP contribution >= 0.6 is 11.6 Å². The van der Waals surface area contributed by atoms with Gasteiger partial charge in [-0.15, -0.1) is 0 Å². The Kier molecular flexibility index (Phi) is 4.39. The van der Waals surface area contributed by atoms with Crippen LogP contribution in [0.5, 0.6) is 0 Å². The Morgan fingerprint density at radius 2 is 2.04 bits per heavy atom. The van der Waals surface area contributed by atoms with Crippen LogP contribution in [-0.2, 0) is 4.74 Å². The zero-order valence-electron chi connectivity index (χ0n) is 15.6. The van der Waals surface area contributed by atoms with Crippen molar-refractivity contribution in [1.82, 2.24) is 19.2 Å². The lowest BCUT2D eigenvalue weighted by Gasteiger charge is -2.10. The predicted molar refractivity (Wildman–Crippen MR) is 107 cm³/mol. The molecule has 0 aliphatic heterocycles. The van der Waals surface area contributed by atoms with Crippen molar-refractivity contribution in [3.05, 3.63) is 68.9 Å². The van der Waals surface area contributed by atoms with Gasteiger partial charge in [-0.3, -0.25) is 9.36 Å². The molecule has 4 rings (SSSR count). The molecular formula is C20H17ClN4O3. The van der Waals surface area contributed by atoms with Gasteiger partial charge in [0, 0.05) is 12.4 Å². The molecule has 28 heavy (non-hydrogen) atoms. The Hall–Kier alpha value is -3.19. The molecule has 0 radical (unpaired) electrons. The Balaban J connectivity index is 1.97. The van der Waals surface area contributed by atoms with E-state index in [0.717, 1.165) is 5.56 Å². The minimum Gasteiger partial charge on any atom is -0.462 e. The number of carbonyl (C=O) groups excluding carboxylic acids is 1. The topological polar surface area (TPSA) is 78.5 Å². The number of esters is 1. The predicted octanol–water partition coefficient (Wildman–Crippen LogP) is 3.48. The number of halogens is 1. The van der Waals surface area contributed by atoms with Crippen molar-refractivity contribution in [2.75, 3.05) is 6.61 Å². The average Bonchev–Trinajstić information content (AvgIpc) is 2.99. The van der Waals surface area contributed by atoms with Gasteiger partial charge in [-0.05, 0) is 44.5 Å². The summed E-state index contributed by atoms with van der Waals surface area (Å²) in [6.45, 7) is 5.63. The molecule has 0 saturated carbocycles. The molecule has 0 bridgehead atoms. The van der Waals surface area contributed by atoms with E-state index in [9.17, 15) is 9.59 Å². The second-order valence-electron chi connectivity index (χ2n) is 6.42. The average molecular weight is 397 g/mol. The minimum atomic E-state index is -0.485. The fraction of sp³-hybridized carbons (Fsp3) is 0.200. The van der Waals surface area contributed by atoms with E-state index in [1.807, 2.05) is 13.0 Å². The highest BCUT2D eigenvalue weighted by Crippen LogP contribution is 2.23. The minimum absolute atomic E-state index is 0.255. The van der Waals surface area contributed by atoms with Gasteiger partial charge in [-0.2, -0.15) is 5.10 Å². The van der Waals surface area contributed by atoms with E-state index in [-0.39, 0.29) is 12.2 Å². The van der Waals surface area contributed by atoms with Crippen LogP contribution < -0.4 is 5.56 Å². The van der Waals surface area contributed by atoms with Crippen LogP contribution in [0.4, 0.5) is 0 Å². The second-order valence-corrected chi connectivity index (χ2v) is 6.83. The lowest BCUT2D eigenvalue weighted by molar-refractivity contribution is 0.0527. The number of rotatable bonds is 3. The molecule has 4 aromatic rings. The first-order chi connectivity index (χ1) is 13.4. The molecule has 0 N–H and O–H groups in total. The first-order valence-corrected chi connectivity index (χ1v) is 9.13. The van der Waals surface area contributed by atoms with Crippen molar-refractivity contribution >= 4 is 34.1 Å². The van der Waals surface area contributed by atoms with E-state index < -0.39 is 5.97 Å². The van der Waals surface area contributed by atoms with Gasteiger partial charge < -0.3 is 4.74 Å². The molecule has 142 valence electrons. The van der Waals surface area contributed by atoms with Gasteiger partial charge in [0.1, 0.15) is 5.56 Å². The highest BCUT2D eigenvalue weighted by atomic mass is 35.5. The number of aryl methyl sites for hydroxylation is 2. The van der Waals surface area contributed by atoms with Gasteiger partial charge >= 0.3 is 5.97 Å².